The largest absolute Gasteiger partial charge is 0.359 e. The van der Waals surface area contributed by atoms with Crippen molar-refractivity contribution in [3.05, 3.63) is 11.9 Å². The van der Waals surface area contributed by atoms with E-state index in [1.54, 1.807) is 6.08 Å². The van der Waals surface area contributed by atoms with Crippen LogP contribution in [0.5, 0.6) is 0 Å². The van der Waals surface area contributed by atoms with Crippen molar-refractivity contribution in [3.8, 4) is 0 Å². The van der Waals surface area contributed by atoms with E-state index < -0.39 is 0 Å². The molecular weight excluding hydrogens is 181 g/mol. The zero-order valence-corrected chi connectivity index (χ0v) is 9.51. The summed E-state index contributed by atoms with van der Waals surface area (Å²) in [5.74, 6) is -0.0918. The minimum Gasteiger partial charge on any atom is -0.359 e. The molecular formula is C11H20FNO. The molecule has 82 valence electrons. The van der Waals surface area contributed by atoms with Crippen LogP contribution in [0, 0.1) is 0 Å². The number of hydrogen-bond donors (Lipinski definition) is 0. The van der Waals surface area contributed by atoms with Gasteiger partial charge >= 0.3 is 0 Å². The summed E-state index contributed by atoms with van der Waals surface area (Å²) in [5.41, 5.74) is -0.168. The number of hydrogen-bond acceptors (Lipinski definition) is 2. The van der Waals surface area contributed by atoms with Crippen molar-refractivity contribution in [1.29, 1.82) is 0 Å². The van der Waals surface area contributed by atoms with Gasteiger partial charge in [-0.15, -0.1) is 0 Å². The van der Waals surface area contributed by atoms with Crippen LogP contribution in [-0.2, 0) is 4.74 Å². The SMILES string of the molecule is C/C(F)=C/CC[C@H]1COC(C)(C)N1C. The van der Waals surface area contributed by atoms with Gasteiger partial charge in [-0.25, -0.2) is 4.39 Å². The van der Waals surface area contributed by atoms with Crippen LogP contribution >= 0.6 is 0 Å². The minimum absolute atomic E-state index is 0.0918. The van der Waals surface area contributed by atoms with Crippen molar-refractivity contribution >= 4 is 0 Å². The van der Waals surface area contributed by atoms with Crippen LogP contribution in [0.15, 0.2) is 11.9 Å². The van der Waals surface area contributed by atoms with Crippen molar-refractivity contribution < 1.29 is 9.13 Å². The van der Waals surface area contributed by atoms with Gasteiger partial charge in [0.15, 0.2) is 0 Å². The van der Waals surface area contributed by atoms with Crippen LogP contribution < -0.4 is 0 Å². The first-order valence-corrected chi connectivity index (χ1v) is 5.12. The van der Waals surface area contributed by atoms with E-state index in [0.717, 1.165) is 19.4 Å². The van der Waals surface area contributed by atoms with Crippen molar-refractivity contribution in [2.75, 3.05) is 13.7 Å². The smallest absolute Gasteiger partial charge is 0.116 e. The van der Waals surface area contributed by atoms with Crippen molar-refractivity contribution in [3.63, 3.8) is 0 Å². The zero-order chi connectivity index (χ0) is 10.8. The zero-order valence-electron chi connectivity index (χ0n) is 9.51. The maximum Gasteiger partial charge on any atom is 0.116 e. The Balaban J connectivity index is 2.38. The Morgan fingerprint density at radius 2 is 2.29 bits per heavy atom. The third kappa shape index (κ3) is 2.79. The van der Waals surface area contributed by atoms with E-state index in [1.807, 2.05) is 0 Å². The number of likely N-dealkylation sites (N-methyl/N-ethyl adjacent to an activating group) is 1. The summed E-state index contributed by atoms with van der Waals surface area (Å²) in [4.78, 5) is 2.22. The van der Waals surface area contributed by atoms with Gasteiger partial charge in [-0.05, 0) is 40.7 Å². The first-order valence-electron chi connectivity index (χ1n) is 5.12. The summed E-state index contributed by atoms with van der Waals surface area (Å²) in [6.07, 6.45) is 3.39. The summed E-state index contributed by atoms with van der Waals surface area (Å²) in [5, 5.41) is 0. The Labute approximate surface area is 85.7 Å². The monoisotopic (exact) mass is 201 g/mol. The lowest BCUT2D eigenvalue weighted by Crippen LogP contribution is -2.40. The molecule has 0 aliphatic carbocycles. The second kappa shape index (κ2) is 4.41. The lowest BCUT2D eigenvalue weighted by atomic mass is 10.1. The number of halogens is 1. The highest BCUT2D eigenvalue weighted by Crippen LogP contribution is 2.27. The maximum absolute atomic E-state index is 12.4. The molecule has 1 saturated heterocycles. The molecule has 1 rings (SSSR count). The summed E-state index contributed by atoms with van der Waals surface area (Å²) >= 11 is 0. The molecule has 0 aromatic carbocycles. The standard InChI is InChI=1S/C11H20FNO/c1-9(12)6-5-7-10-8-14-11(2,3)13(10)4/h6,10H,5,7-8H2,1-4H3/b9-6-/t10-/m0/s1. The Bertz CT molecular complexity index is 221. The molecule has 1 aliphatic heterocycles. The van der Waals surface area contributed by atoms with E-state index >= 15 is 0 Å². The van der Waals surface area contributed by atoms with Crippen LogP contribution in [0.4, 0.5) is 4.39 Å². The highest BCUT2D eigenvalue weighted by molar-refractivity contribution is 4.90. The fourth-order valence-corrected chi connectivity index (χ4v) is 1.71. The highest BCUT2D eigenvalue weighted by atomic mass is 19.1. The topological polar surface area (TPSA) is 12.5 Å². The molecule has 0 aromatic rings. The average Bonchev–Trinajstić information content (AvgIpc) is 2.31. The fourth-order valence-electron chi connectivity index (χ4n) is 1.71. The second-order valence-corrected chi connectivity index (χ2v) is 4.39. The quantitative estimate of drug-likeness (QED) is 0.696. The van der Waals surface area contributed by atoms with Crippen molar-refractivity contribution in [2.24, 2.45) is 0 Å². The molecule has 0 radical (unpaired) electrons. The minimum atomic E-state index is -0.168. The van der Waals surface area contributed by atoms with Gasteiger partial charge in [-0.2, -0.15) is 0 Å². The van der Waals surface area contributed by atoms with Gasteiger partial charge in [-0.3, -0.25) is 4.90 Å². The average molecular weight is 201 g/mol. The molecule has 0 spiro atoms. The van der Waals surface area contributed by atoms with E-state index in [4.69, 9.17) is 4.74 Å². The van der Waals surface area contributed by atoms with Crippen molar-refractivity contribution in [1.82, 2.24) is 4.90 Å². The number of ether oxygens (including phenoxy) is 1. The van der Waals surface area contributed by atoms with Crippen LogP contribution in [0.25, 0.3) is 0 Å². The Hall–Kier alpha value is -0.410. The molecule has 0 N–H and O–H groups in total. The van der Waals surface area contributed by atoms with Crippen LogP contribution in [0.3, 0.4) is 0 Å². The molecule has 1 fully saturated rings. The Morgan fingerprint density at radius 1 is 1.64 bits per heavy atom. The third-order valence-corrected chi connectivity index (χ3v) is 2.95. The predicted molar refractivity (Wildman–Crippen MR) is 55.7 cm³/mol. The van der Waals surface area contributed by atoms with Gasteiger partial charge in [-0.1, -0.05) is 6.08 Å². The summed E-state index contributed by atoms with van der Waals surface area (Å²) in [7, 11) is 2.06. The lowest BCUT2D eigenvalue weighted by molar-refractivity contribution is -0.0414. The second-order valence-electron chi connectivity index (χ2n) is 4.39. The normalized spacial score (nSPS) is 28.4. The van der Waals surface area contributed by atoms with E-state index in [1.165, 1.54) is 6.92 Å². The van der Waals surface area contributed by atoms with Gasteiger partial charge in [0.2, 0.25) is 0 Å². The Morgan fingerprint density at radius 3 is 2.71 bits per heavy atom. The van der Waals surface area contributed by atoms with E-state index in [2.05, 4.69) is 25.8 Å². The fraction of sp³-hybridized carbons (Fsp3) is 0.818. The summed E-state index contributed by atoms with van der Waals surface area (Å²) in [6, 6.07) is 0.417. The molecule has 2 nitrogen and oxygen atoms in total. The van der Waals surface area contributed by atoms with E-state index in [-0.39, 0.29) is 11.6 Å². The number of rotatable bonds is 3. The molecule has 14 heavy (non-hydrogen) atoms. The van der Waals surface area contributed by atoms with Gasteiger partial charge < -0.3 is 4.74 Å². The number of allylic oxidation sites excluding steroid dienone is 2. The third-order valence-electron chi connectivity index (χ3n) is 2.95. The summed E-state index contributed by atoms with van der Waals surface area (Å²) in [6.45, 7) is 6.36. The molecule has 3 heteroatoms. The van der Waals surface area contributed by atoms with Gasteiger partial charge in [0, 0.05) is 6.04 Å². The highest BCUT2D eigenvalue weighted by Gasteiger charge is 2.36. The molecule has 1 aliphatic rings. The molecule has 0 unspecified atom stereocenters. The summed E-state index contributed by atoms with van der Waals surface area (Å²) < 4.78 is 18.1. The van der Waals surface area contributed by atoms with Gasteiger partial charge in [0.25, 0.3) is 0 Å². The molecule has 0 bridgehead atoms. The molecule has 0 saturated carbocycles. The van der Waals surface area contributed by atoms with E-state index in [9.17, 15) is 4.39 Å². The number of nitrogens with zero attached hydrogens (tertiary/aromatic N) is 1. The predicted octanol–water partition coefficient (Wildman–Crippen LogP) is 2.71. The van der Waals surface area contributed by atoms with Crippen LogP contribution in [-0.4, -0.2) is 30.3 Å². The van der Waals surface area contributed by atoms with Crippen LogP contribution in [0.1, 0.15) is 33.6 Å². The van der Waals surface area contributed by atoms with Crippen molar-refractivity contribution in [2.45, 2.75) is 45.4 Å². The maximum atomic E-state index is 12.4. The molecule has 1 atom stereocenters. The lowest BCUT2D eigenvalue weighted by Gasteiger charge is -2.29. The Kier molecular flexibility index (Phi) is 3.67. The first-order chi connectivity index (χ1) is 6.43. The molecule has 0 aromatic heterocycles. The van der Waals surface area contributed by atoms with Gasteiger partial charge in [0.1, 0.15) is 5.72 Å². The van der Waals surface area contributed by atoms with E-state index in [0.29, 0.717) is 6.04 Å². The van der Waals surface area contributed by atoms with Gasteiger partial charge in [0.05, 0.1) is 12.4 Å². The first kappa shape index (κ1) is 11.7. The molecule has 1 heterocycles. The molecule has 0 amide bonds. The van der Waals surface area contributed by atoms with Crippen LogP contribution in [0.2, 0.25) is 0 Å².